The molecule has 0 radical (unpaired) electrons. The fraction of sp³-hybridized carbons (Fsp3) is 0.323. The molecule has 44 heavy (non-hydrogen) atoms. The second kappa shape index (κ2) is 13.1. The highest BCUT2D eigenvalue weighted by Gasteiger charge is 2.39. The lowest BCUT2D eigenvalue weighted by Crippen LogP contribution is -2.56. The predicted molar refractivity (Wildman–Crippen MR) is 164 cm³/mol. The van der Waals surface area contributed by atoms with E-state index in [0.717, 1.165) is 4.90 Å². The number of aliphatic hydroxyl groups excluding tert-OH is 1. The number of aliphatic hydroxyl groups is 1. The van der Waals surface area contributed by atoms with E-state index in [4.69, 9.17) is 32.7 Å². The molecule has 13 heteroatoms. The van der Waals surface area contributed by atoms with Crippen LogP contribution >= 0.6 is 23.2 Å². The first kappa shape index (κ1) is 31.7. The van der Waals surface area contributed by atoms with Gasteiger partial charge in [-0.15, -0.1) is 0 Å². The zero-order chi connectivity index (χ0) is 31.7. The van der Waals surface area contributed by atoms with Crippen molar-refractivity contribution < 1.29 is 33.4 Å². The molecule has 232 valence electrons. The van der Waals surface area contributed by atoms with Crippen LogP contribution in [0.5, 0.6) is 5.75 Å². The van der Waals surface area contributed by atoms with Crippen molar-refractivity contribution in [2.75, 3.05) is 46.3 Å². The number of hydrogen-bond donors (Lipinski definition) is 3. The first-order chi connectivity index (χ1) is 21.0. The summed E-state index contributed by atoms with van der Waals surface area (Å²) in [5, 5.41) is 16.3. The molecule has 0 bridgehead atoms. The van der Waals surface area contributed by atoms with Gasteiger partial charge in [0.1, 0.15) is 17.5 Å². The fourth-order valence-corrected chi connectivity index (χ4v) is 5.93. The van der Waals surface area contributed by atoms with E-state index in [1.54, 1.807) is 42.5 Å². The molecule has 2 aliphatic rings. The minimum atomic E-state index is -1.10. The second-order valence-electron chi connectivity index (χ2n) is 10.7. The van der Waals surface area contributed by atoms with E-state index in [0.29, 0.717) is 45.2 Å². The van der Waals surface area contributed by atoms with Crippen LogP contribution < -0.4 is 15.4 Å². The summed E-state index contributed by atoms with van der Waals surface area (Å²) in [6.45, 7) is 0.609. The van der Waals surface area contributed by atoms with Crippen LogP contribution in [0.15, 0.2) is 48.5 Å². The van der Waals surface area contributed by atoms with Crippen molar-refractivity contribution in [3.63, 3.8) is 0 Å². The quantitative estimate of drug-likeness (QED) is 0.311. The Hall–Kier alpha value is -3.74. The lowest BCUT2D eigenvalue weighted by atomic mass is 9.97. The number of ether oxygens (including phenoxy) is 2. The lowest BCUT2D eigenvalue weighted by Gasteiger charge is -2.33. The van der Waals surface area contributed by atoms with Gasteiger partial charge in [-0.2, -0.15) is 0 Å². The smallest absolute Gasteiger partial charge is 0.326 e. The number of carbonyl (C=O) groups excluding carboxylic acids is 3. The average Bonchev–Trinajstić information content (AvgIpc) is 3.42. The standard InChI is InChI=1S/C31H31Cl2FN4O6/c1-37-13-21(30(41)38(2)31(37)42)29(40)36-23-9-5-8-19(28(23)33)18-7-4-6-17(27(18)32)16-10-22(34)20(26(11-16)43-3)12-35-24-14-44-15-25(24)39/h4-11,21,24-25,35,39H,12-15H2,1-3H3,(H,36,40)/t21?,24-,25+/m1/s1. The van der Waals surface area contributed by atoms with Crippen LogP contribution in [0.25, 0.3) is 22.3 Å². The normalized spacial score (nSPS) is 20.3. The number of methoxy groups -OCH3 is 1. The third-order valence-electron chi connectivity index (χ3n) is 7.84. The number of nitrogens with one attached hydrogen (secondary N) is 2. The van der Waals surface area contributed by atoms with Crippen molar-refractivity contribution in [2.45, 2.75) is 18.7 Å². The largest absolute Gasteiger partial charge is 0.496 e. The maximum absolute atomic E-state index is 15.4. The van der Waals surface area contributed by atoms with Crippen molar-refractivity contribution in [1.29, 1.82) is 0 Å². The molecule has 3 N–H and O–H groups in total. The molecule has 10 nitrogen and oxygen atoms in total. The molecule has 2 heterocycles. The molecule has 2 aliphatic heterocycles. The molecule has 3 aromatic rings. The number of hydrogen-bond acceptors (Lipinski definition) is 7. The summed E-state index contributed by atoms with van der Waals surface area (Å²) in [6, 6.07) is 12.5. The zero-order valence-electron chi connectivity index (χ0n) is 24.2. The number of amides is 4. The molecule has 3 atom stereocenters. The SMILES string of the molecule is COc1cc(-c2cccc(-c3cccc(NC(=O)C4CN(C)C(=O)N(C)C4=O)c3Cl)c2Cl)cc(F)c1CN[C@@H]1COC[C@@H]1O. The van der Waals surface area contributed by atoms with E-state index < -0.39 is 35.7 Å². The van der Waals surface area contributed by atoms with E-state index in [-0.39, 0.29) is 36.4 Å². The maximum Gasteiger partial charge on any atom is 0.326 e. The van der Waals surface area contributed by atoms with Crippen LogP contribution in [0.3, 0.4) is 0 Å². The van der Waals surface area contributed by atoms with Gasteiger partial charge in [0.25, 0.3) is 0 Å². The molecule has 2 fully saturated rings. The fourth-order valence-electron chi connectivity index (χ4n) is 5.32. The van der Waals surface area contributed by atoms with E-state index in [1.807, 2.05) is 0 Å². The Morgan fingerprint density at radius 1 is 1.07 bits per heavy atom. The topological polar surface area (TPSA) is 120 Å². The third-order valence-corrected chi connectivity index (χ3v) is 8.65. The highest BCUT2D eigenvalue weighted by Crippen LogP contribution is 2.42. The van der Waals surface area contributed by atoms with E-state index in [2.05, 4.69) is 10.6 Å². The van der Waals surface area contributed by atoms with E-state index >= 15 is 4.39 Å². The Morgan fingerprint density at radius 3 is 2.43 bits per heavy atom. The Morgan fingerprint density at radius 2 is 1.75 bits per heavy atom. The van der Waals surface area contributed by atoms with Crippen LogP contribution in [-0.2, 0) is 20.9 Å². The number of nitrogens with zero attached hydrogens (tertiary/aromatic N) is 2. The molecular weight excluding hydrogens is 614 g/mol. The Bertz CT molecular complexity index is 1620. The minimum absolute atomic E-state index is 0.0646. The third kappa shape index (κ3) is 6.11. The van der Waals surface area contributed by atoms with Gasteiger partial charge in [0, 0.05) is 49.4 Å². The predicted octanol–water partition coefficient (Wildman–Crippen LogP) is 4.40. The van der Waals surface area contributed by atoms with E-state index in [1.165, 1.54) is 32.2 Å². The molecule has 3 aromatic carbocycles. The molecule has 4 amide bonds. The van der Waals surface area contributed by atoms with Crippen molar-refractivity contribution >= 4 is 46.7 Å². The van der Waals surface area contributed by atoms with Crippen LogP contribution in [0.1, 0.15) is 5.56 Å². The molecule has 5 rings (SSSR count). The first-order valence-corrected chi connectivity index (χ1v) is 14.5. The zero-order valence-corrected chi connectivity index (χ0v) is 25.7. The van der Waals surface area contributed by atoms with Crippen LogP contribution in [0.2, 0.25) is 10.0 Å². The van der Waals surface area contributed by atoms with Gasteiger partial charge in [0.05, 0.1) is 48.2 Å². The van der Waals surface area contributed by atoms with Gasteiger partial charge in [-0.1, -0.05) is 53.5 Å². The molecule has 2 saturated heterocycles. The van der Waals surface area contributed by atoms with Crippen molar-refractivity contribution in [2.24, 2.45) is 5.92 Å². The molecule has 0 spiro atoms. The first-order valence-electron chi connectivity index (χ1n) is 13.8. The van der Waals surface area contributed by atoms with E-state index in [9.17, 15) is 19.5 Å². The van der Waals surface area contributed by atoms with Crippen molar-refractivity contribution in [3.05, 3.63) is 70.0 Å². The number of urea groups is 1. The lowest BCUT2D eigenvalue weighted by molar-refractivity contribution is -0.140. The highest BCUT2D eigenvalue weighted by molar-refractivity contribution is 6.39. The van der Waals surface area contributed by atoms with Crippen LogP contribution in [-0.4, -0.2) is 85.9 Å². The summed E-state index contributed by atoms with van der Waals surface area (Å²) in [6.07, 6.45) is -0.674. The summed E-state index contributed by atoms with van der Waals surface area (Å²) in [7, 11) is 4.28. The highest BCUT2D eigenvalue weighted by atomic mass is 35.5. The van der Waals surface area contributed by atoms with Gasteiger partial charge in [-0.05, 0) is 23.8 Å². The number of anilines is 1. The van der Waals surface area contributed by atoms with Crippen molar-refractivity contribution in [3.8, 4) is 28.0 Å². The Balaban J connectivity index is 1.42. The summed E-state index contributed by atoms with van der Waals surface area (Å²) >= 11 is 13.7. The van der Waals surface area contributed by atoms with Crippen molar-refractivity contribution in [1.82, 2.24) is 15.1 Å². The van der Waals surface area contributed by atoms with Gasteiger partial charge in [0.15, 0.2) is 0 Å². The summed E-state index contributed by atoms with van der Waals surface area (Å²) < 4.78 is 26.2. The number of imide groups is 1. The number of halogens is 3. The molecule has 0 aromatic heterocycles. The van der Waals surface area contributed by atoms with Gasteiger partial charge >= 0.3 is 6.03 Å². The second-order valence-corrected chi connectivity index (χ2v) is 11.4. The average molecular weight is 646 g/mol. The van der Waals surface area contributed by atoms with Gasteiger partial charge in [-0.3, -0.25) is 14.5 Å². The van der Waals surface area contributed by atoms with Crippen LogP contribution in [0.4, 0.5) is 14.9 Å². The number of rotatable bonds is 8. The molecule has 0 aliphatic carbocycles. The monoisotopic (exact) mass is 644 g/mol. The van der Waals surface area contributed by atoms with Gasteiger partial charge < -0.3 is 30.1 Å². The summed E-state index contributed by atoms with van der Waals surface area (Å²) in [5.41, 5.74) is 2.58. The summed E-state index contributed by atoms with van der Waals surface area (Å²) in [5.74, 6) is -2.52. The molecule has 0 saturated carbocycles. The number of carbonyl (C=O) groups is 3. The Labute approximate surface area is 263 Å². The maximum atomic E-state index is 15.4. The number of benzene rings is 3. The summed E-state index contributed by atoms with van der Waals surface area (Å²) in [4.78, 5) is 40.0. The Kier molecular flexibility index (Phi) is 9.42. The van der Waals surface area contributed by atoms with Crippen LogP contribution in [0, 0.1) is 11.7 Å². The van der Waals surface area contributed by atoms with Gasteiger partial charge in [-0.25, -0.2) is 9.18 Å². The minimum Gasteiger partial charge on any atom is -0.496 e. The van der Waals surface area contributed by atoms with Gasteiger partial charge in [0.2, 0.25) is 11.8 Å². The molecule has 1 unspecified atom stereocenters. The molecular formula is C31H31Cl2FN4O6.